The van der Waals surface area contributed by atoms with Gasteiger partial charge < -0.3 is 5.02 Å². The van der Waals surface area contributed by atoms with E-state index >= 15 is 0 Å². The summed E-state index contributed by atoms with van der Waals surface area (Å²) in [5, 5.41) is 11.5. The molecule has 0 amide bonds. The van der Waals surface area contributed by atoms with Crippen LogP contribution in [0.15, 0.2) is 110 Å². The van der Waals surface area contributed by atoms with Crippen molar-refractivity contribution in [3.05, 3.63) is 110 Å². The molecule has 4 heteroatoms. The van der Waals surface area contributed by atoms with Crippen LogP contribution in [0, 0.1) is 0 Å². The van der Waals surface area contributed by atoms with Crippen molar-refractivity contribution in [2.75, 3.05) is 0 Å². The zero-order valence-corrected chi connectivity index (χ0v) is 17.9. The van der Waals surface area contributed by atoms with Gasteiger partial charge in [-0.25, -0.2) is 9.13 Å². The van der Waals surface area contributed by atoms with Gasteiger partial charge in [-0.2, -0.15) is 16.4 Å². The first-order chi connectivity index (χ1) is 14.6. The lowest BCUT2D eigenvalue weighted by Gasteiger charge is -2.37. The Morgan fingerprint density at radius 3 is 1.53 bits per heavy atom. The Bertz CT molecular complexity index is 904. The van der Waals surface area contributed by atoms with Crippen molar-refractivity contribution in [3.8, 4) is 0 Å². The molecule has 1 heterocycles. The summed E-state index contributed by atoms with van der Waals surface area (Å²) >= 11 is 0. The highest BCUT2D eigenvalue weighted by Gasteiger charge is 2.27. The molecule has 0 atom stereocenters. The van der Waals surface area contributed by atoms with E-state index in [1.807, 2.05) is 98.0 Å². The van der Waals surface area contributed by atoms with Crippen LogP contribution in [0.3, 0.4) is 0 Å². The summed E-state index contributed by atoms with van der Waals surface area (Å²) in [4.78, 5) is 0. The highest BCUT2D eigenvalue weighted by Crippen LogP contribution is 2.04. The zero-order chi connectivity index (χ0) is 21.2. The molecule has 0 aliphatic heterocycles. The number of hydrogen-bond donors (Lipinski definition) is 1. The van der Waals surface area contributed by atoms with Gasteiger partial charge >= 0.3 is 0 Å². The minimum atomic E-state index is -1.91. The largest absolute Gasteiger partial charge is 0.594 e. The minimum Gasteiger partial charge on any atom is -0.594 e. The maximum atomic E-state index is 11.5. The van der Waals surface area contributed by atoms with Crippen molar-refractivity contribution in [1.82, 2.24) is 4.57 Å². The molecule has 1 N–H and O–H groups in total. The fourth-order valence-corrected chi connectivity index (χ4v) is 3.75. The van der Waals surface area contributed by atoms with Crippen molar-refractivity contribution in [3.63, 3.8) is 0 Å². The fourth-order valence-electron chi connectivity index (χ4n) is 3.75. The predicted octanol–water partition coefficient (Wildman–Crippen LogP) is 2.76. The van der Waals surface area contributed by atoms with Crippen LogP contribution in [0.1, 0.15) is 19.8 Å². The third kappa shape index (κ3) is 5.28. The maximum Gasteiger partial charge on any atom is 0.243 e. The molecular weight excluding hydrogens is 367 g/mol. The van der Waals surface area contributed by atoms with Crippen molar-refractivity contribution >= 4 is 22.7 Å². The lowest BCUT2D eigenvalue weighted by molar-refractivity contribution is -0.671. The van der Waals surface area contributed by atoms with Crippen LogP contribution >= 0.6 is 0 Å². The first kappa shape index (κ1) is 21.6. The first-order valence-corrected chi connectivity index (χ1v) is 10.7. The molecule has 30 heavy (non-hydrogen) atoms. The van der Waals surface area contributed by atoms with E-state index in [2.05, 4.69) is 34.8 Å². The van der Waals surface area contributed by atoms with Crippen molar-refractivity contribution in [2.24, 2.45) is 7.05 Å². The Labute approximate surface area is 180 Å². The molecule has 3 nitrogen and oxygen atoms in total. The van der Waals surface area contributed by atoms with Gasteiger partial charge in [-0.05, 0) is 6.42 Å². The van der Waals surface area contributed by atoms with E-state index in [-0.39, 0.29) is 0 Å². The average Bonchev–Trinajstić information content (AvgIpc) is 3.24. The lowest BCUT2D eigenvalue weighted by Crippen LogP contribution is -2.67. The van der Waals surface area contributed by atoms with Gasteiger partial charge in [0.2, 0.25) is 6.33 Å². The monoisotopic (exact) mass is 398 g/mol. The maximum absolute atomic E-state index is 11.5. The molecule has 0 unspecified atom stereocenters. The molecule has 0 bridgehead atoms. The number of nitrogens with zero attached hydrogens (tertiary/aromatic N) is 2. The quantitative estimate of drug-likeness (QED) is 0.393. The molecule has 3 aromatic carbocycles. The zero-order valence-electron chi connectivity index (χ0n) is 17.9. The summed E-state index contributed by atoms with van der Waals surface area (Å²) in [6, 6.07) is 29.6. The molecule has 4 aromatic rings. The molecule has 0 fully saturated rings. The van der Waals surface area contributed by atoms with Crippen molar-refractivity contribution in [2.45, 2.75) is 26.3 Å². The molecule has 0 saturated heterocycles. The summed E-state index contributed by atoms with van der Waals surface area (Å²) < 4.78 is 4.28. The van der Waals surface area contributed by atoms with Gasteiger partial charge in [0.1, 0.15) is 12.4 Å². The molecule has 4 rings (SSSR count). The Morgan fingerprint density at radius 2 is 1.20 bits per heavy atom. The van der Waals surface area contributed by atoms with Crippen LogP contribution in [0.25, 0.3) is 0 Å². The topological polar surface area (TPSA) is 29.0 Å². The van der Waals surface area contributed by atoms with Gasteiger partial charge in [0.25, 0.3) is 0 Å². The summed E-state index contributed by atoms with van der Waals surface area (Å²) in [6.45, 7) is 3.36. The molecule has 0 radical (unpaired) electrons. The standard InChI is InChI=1S/C18H16BO.C8H15N2/c20-19(16-10-4-1-5-11-16,17-12-6-2-7-13-17)18-14-8-3-9-15-18;1-3-4-5-10-7-6-9(2)8-10/h1-15,20H;6-8H,3-5H2,1-2H3/q-1;+1. The highest BCUT2D eigenvalue weighted by molar-refractivity contribution is 7.06. The molecular formula is C26H31BN2O. The van der Waals surface area contributed by atoms with Crippen LogP contribution in [-0.2, 0) is 13.6 Å². The molecule has 154 valence electrons. The van der Waals surface area contributed by atoms with E-state index in [9.17, 15) is 5.02 Å². The molecule has 0 aliphatic carbocycles. The molecule has 0 spiro atoms. The fraction of sp³-hybridized carbons (Fsp3) is 0.192. The van der Waals surface area contributed by atoms with Gasteiger partial charge in [0.15, 0.2) is 6.35 Å². The summed E-state index contributed by atoms with van der Waals surface area (Å²) in [5.41, 5.74) is 2.81. The Hall–Kier alpha value is -3.11. The van der Waals surface area contributed by atoms with E-state index in [4.69, 9.17) is 0 Å². The minimum absolute atomic E-state index is 0.935. The van der Waals surface area contributed by atoms with Gasteiger partial charge in [-0.1, -0.05) is 104 Å². The van der Waals surface area contributed by atoms with Gasteiger partial charge in [-0.3, -0.25) is 0 Å². The number of imidazole rings is 1. The molecule has 1 aromatic heterocycles. The highest BCUT2D eigenvalue weighted by atomic mass is 16.2. The Morgan fingerprint density at radius 1 is 0.767 bits per heavy atom. The summed E-state index contributed by atoms with van der Waals surface area (Å²) in [5.74, 6) is 0. The number of aromatic nitrogens is 2. The van der Waals surface area contributed by atoms with E-state index in [1.54, 1.807) is 0 Å². The SMILES string of the molecule is CCCCn1cc[n+](C)c1.O[B-](c1ccccc1)(c1ccccc1)c1ccccc1. The summed E-state index contributed by atoms with van der Waals surface area (Å²) in [7, 11) is 2.04. The third-order valence-electron chi connectivity index (χ3n) is 5.44. The van der Waals surface area contributed by atoms with Gasteiger partial charge in [0, 0.05) is 0 Å². The van der Waals surface area contributed by atoms with Gasteiger partial charge in [-0.15, -0.1) is 0 Å². The normalized spacial score (nSPS) is 10.9. The van der Waals surface area contributed by atoms with E-state index < -0.39 is 6.35 Å². The van der Waals surface area contributed by atoms with E-state index in [0.717, 1.165) is 22.9 Å². The van der Waals surface area contributed by atoms with Crippen molar-refractivity contribution in [1.29, 1.82) is 0 Å². The molecule has 0 aliphatic rings. The van der Waals surface area contributed by atoms with Crippen LogP contribution in [0.5, 0.6) is 0 Å². The average molecular weight is 398 g/mol. The van der Waals surface area contributed by atoms with Crippen LogP contribution in [0.2, 0.25) is 0 Å². The van der Waals surface area contributed by atoms with E-state index in [0.29, 0.717) is 0 Å². The van der Waals surface area contributed by atoms with E-state index in [1.165, 1.54) is 12.8 Å². The number of aryl methyl sites for hydroxylation is 2. The Balaban J connectivity index is 0.000000216. The Kier molecular flexibility index (Phi) is 7.64. The summed E-state index contributed by atoms with van der Waals surface area (Å²) in [6.07, 6.45) is 6.91. The second kappa shape index (κ2) is 10.6. The second-order valence-electron chi connectivity index (χ2n) is 7.72. The third-order valence-corrected chi connectivity index (χ3v) is 5.44. The number of unbranched alkanes of at least 4 members (excludes halogenated alkanes) is 1. The number of rotatable bonds is 6. The van der Waals surface area contributed by atoms with Crippen LogP contribution in [0.4, 0.5) is 0 Å². The second-order valence-corrected chi connectivity index (χ2v) is 7.72. The number of benzene rings is 3. The van der Waals surface area contributed by atoms with Crippen LogP contribution < -0.4 is 21.0 Å². The predicted molar refractivity (Wildman–Crippen MR) is 127 cm³/mol. The van der Waals surface area contributed by atoms with Crippen molar-refractivity contribution < 1.29 is 9.59 Å². The lowest BCUT2D eigenvalue weighted by atomic mass is 9.29. The van der Waals surface area contributed by atoms with Crippen LogP contribution in [-0.4, -0.2) is 15.9 Å². The number of hydrogen-bond acceptors (Lipinski definition) is 1. The smallest absolute Gasteiger partial charge is 0.243 e. The van der Waals surface area contributed by atoms with Gasteiger partial charge in [0.05, 0.1) is 13.6 Å². The molecule has 0 saturated carbocycles. The first-order valence-electron chi connectivity index (χ1n) is 10.7.